The van der Waals surface area contributed by atoms with Gasteiger partial charge in [-0.3, -0.25) is 4.79 Å². The first kappa shape index (κ1) is 30.2. The molecule has 11 nitrogen and oxygen atoms in total. The number of aliphatic hydroxyl groups is 1. The number of carbonyl (C=O) groups is 1. The van der Waals surface area contributed by atoms with Crippen molar-refractivity contribution in [3.63, 3.8) is 0 Å². The number of ether oxygens (including phenoxy) is 3. The second-order valence-corrected chi connectivity index (χ2v) is 10.2. The lowest BCUT2D eigenvalue weighted by Crippen LogP contribution is -2.58. The van der Waals surface area contributed by atoms with Crippen molar-refractivity contribution < 1.29 is 53.0 Å². The molecular formula is C22H28Cl2N2O9S. The number of nitrogens with zero attached hydrogens (tertiary/aromatic N) is 2. The molecule has 1 amide bonds. The van der Waals surface area contributed by atoms with Crippen molar-refractivity contribution in [1.29, 1.82) is 0 Å². The molecule has 0 saturated heterocycles. The Labute approximate surface area is 220 Å². The first-order chi connectivity index (χ1) is 16.8. The number of amides is 1. The van der Waals surface area contributed by atoms with Gasteiger partial charge in [0.15, 0.2) is 11.5 Å². The molecule has 0 aromatic heterocycles. The van der Waals surface area contributed by atoms with E-state index in [1.807, 2.05) is 25.1 Å². The normalized spacial score (nSPS) is 17.7. The molecule has 3 rings (SSSR count). The molecule has 0 radical (unpaired) electrons. The Morgan fingerprint density at radius 3 is 2.11 bits per heavy atom. The van der Waals surface area contributed by atoms with Crippen molar-refractivity contribution in [3.05, 3.63) is 40.9 Å². The van der Waals surface area contributed by atoms with Crippen LogP contribution in [0, 0.1) is 10.2 Å². The third-order valence-corrected chi connectivity index (χ3v) is 6.68. The third-order valence-electron chi connectivity index (χ3n) is 5.06. The van der Waals surface area contributed by atoms with E-state index in [-0.39, 0.29) is 5.91 Å². The lowest BCUT2D eigenvalue weighted by molar-refractivity contribution is -1.92. The monoisotopic (exact) mass is 566 g/mol. The lowest BCUT2D eigenvalue weighted by atomic mass is 10.0. The molecule has 2 unspecified atom stereocenters. The zero-order valence-electron chi connectivity index (χ0n) is 20.3. The van der Waals surface area contributed by atoms with Gasteiger partial charge in [-0.15, -0.1) is 11.8 Å². The summed E-state index contributed by atoms with van der Waals surface area (Å²) in [7, 11) is 3.77. The van der Waals surface area contributed by atoms with Crippen molar-refractivity contribution in [2.24, 2.45) is 0 Å². The van der Waals surface area contributed by atoms with Gasteiger partial charge in [0.25, 0.3) is 5.91 Å². The van der Waals surface area contributed by atoms with E-state index >= 15 is 0 Å². The van der Waals surface area contributed by atoms with Crippen LogP contribution in [0.3, 0.4) is 0 Å². The first-order valence-electron chi connectivity index (χ1n) is 10.3. The molecule has 14 heteroatoms. The number of halogens is 2. The number of anilines is 1. The van der Waals surface area contributed by atoms with Crippen LogP contribution in [0.5, 0.6) is 17.2 Å². The van der Waals surface area contributed by atoms with Crippen LogP contribution in [0.4, 0.5) is 5.69 Å². The van der Waals surface area contributed by atoms with Gasteiger partial charge in [0, 0.05) is 23.0 Å². The fraction of sp³-hybridized carbons (Fsp3) is 0.409. The number of fused-ring (bicyclic) bond motifs is 1. The van der Waals surface area contributed by atoms with Gasteiger partial charge in [-0.25, -0.2) is 0 Å². The zero-order chi connectivity index (χ0) is 27.2. The predicted octanol–water partition coefficient (Wildman–Crippen LogP) is -0.656. The van der Waals surface area contributed by atoms with Gasteiger partial charge in [0.1, 0.15) is 6.10 Å². The summed E-state index contributed by atoms with van der Waals surface area (Å²) >= 11 is 7.65. The number of likely N-dealkylation sites (N-methyl/N-ethyl adjacent to an activating group) is 1. The first-order valence-corrected chi connectivity index (χ1v) is 12.9. The van der Waals surface area contributed by atoms with E-state index < -0.39 is 21.6 Å². The van der Waals surface area contributed by atoms with Crippen molar-refractivity contribution in [2.75, 3.05) is 53.4 Å². The van der Waals surface area contributed by atoms with E-state index in [1.165, 1.54) is 33.1 Å². The molecule has 2 atom stereocenters. The van der Waals surface area contributed by atoms with Crippen molar-refractivity contribution >= 4 is 35.0 Å². The number of thioether (sulfide) groups is 1. The lowest BCUT2D eigenvalue weighted by Gasteiger charge is -2.26. The average Bonchev–Trinajstić information content (AvgIpc) is 2.90. The molecule has 2 aromatic rings. The van der Waals surface area contributed by atoms with Gasteiger partial charge in [0.05, 0.1) is 47.2 Å². The number of carbonyl (C=O) groups excluding carboxylic acids is 1. The fourth-order valence-electron chi connectivity index (χ4n) is 3.46. The molecule has 0 saturated carbocycles. The largest absolute Gasteiger partial charge is 0.493 e. The highest BCUT2D eigenvalue weighted by Gasteiger charge is 2.38. The Bertz CT molecular complexity index is 1020. The SMILES string of the molecule is COc1cc(C2Sc3ccc(Cl)cc3N(CCN(C)C)C(=O)C2O)cc(OC)c1OC.[O-][Cl+3]([O-])([O-])O. The topological polar surface area (TPSA) is 161 Å². The Morgan fingerprint density at radius 2 is 1.64 bits per heavy atom. The Morgan fingerprint density at radius 1 is 1.08 bits per heavy atom. The van der Waals surface area contributed by atoms with Crippen LogP contribution >= 0.6 is 23.4 Å². The Balaban J connectivity index is 0.000000830. The summed E-state index contributed by atoms with van der Waals surface area (Å²) in [5.74, 6) is 0.992. The summed E-state index contributed by atoms with van der Waals surface area (Å²) in [5, 5.41) is 11.1. The van der Waals surface area contributed by atoms with Gasteiger partial charge in [-0.2, -0.15) is 14.0 Å². The van der Waals surface area contributed by atoms with Gasteiger partial charge in [-0.1, -0.05) is 11.6 Å². The molecule has 0 fully saturated rings. The van der Waals surface area contributed by atoms with Crippen LogP contribution < -0.4 is 33.1 Å². The highest BCUT2D eigenvalue weighted by atomic mass is 35.7. The summed E-state index contributed by atoms with van der Waals surface area (Å²) in [4.78, 5) is 17.8. The van der Waals surface area contributed by atoms with Crippen LogP contribution in [0.2, 0.25) is 5.02 Å². The molecule has 1 aliphatic heterocycles. The summed E-state index contributed by atoms with van der Waals surface area (Å²) in [6, 6.07) is 8.95. The smallest absolute Gasteiger partial charge is 0.257 e. The highest BCUT2D eigenvalue weighted by molar-refractivity contribution is 7.99. The Kier molecular flexibility index (Phi) is 10.9. The maximum atomic E-state index is 13.4. The molecule has 1 heterocycles. The van der Waals surface area contributed by atoms with Gasteiger partial charge in [-0.05, 0) is 50.0 Å². The molecule has 1 aliphatic rings. The fourth-order valence-corrected chi connectivity index (χ4v) is 4.85. The molecule has 0 bridgehead atoms. The zero-order valence-corrected chi connectivity index (χ0v) is 22.6. The maximum absolute atomic E-state index is 13.4. The summed E-state index contributed by atoms with van der Waals surface area (Å²) in [6.07, 6.45) is -1.28. The van der Waals surface area contributed by atoms with Crippen molar-refractivity contribution in [2.45, 2.75) is 16.2 Å². The minimum atomic E-state index is -4.69. The highest BCUT2D eigenvalue weighted by Crippen LogP contribution is 2.49. The van der Waals surface area contributed by atoms with Crippen molar-refractivity contribution in [3.8, 4) is 17.2 Å². The quantitative estimate of drug-likeness (QED) is 0.437. The number of rotatable bonds is 7. The molecule has 2 N–H and O–H groups in total. The van der Waals surface area contributed by atoms with E-state index in [9.17, 15) is 9.90 Å². The second-order valence-electron chi connectivity index (χ2n) is 7.74. The maximum Gasteiger partial charge on any atom is 0.257 e. The molecular weight excluding hydrogens is 539 g/mol. The minimum Gasteiger partial charge on any atom is -0.493 e. The number of aliphatic hydroxyl groups excluding tert-OH is 1. The van der Waals surface area contributed by atoms with Crippen LogP contribution in [-0.4, -0.2) is 75.2 Å². The average molecular weight is 567 g/mol. The van der Waals surface area contributed by atoms with E-state index in [1.54, 1.807) is 29.2 Å². The number of hydrogen-bond acceptors (Lipinski definition) is 11. The molecule has 2 aromatic carbocycles. The predicted molar refractivity (Wildman–Crippen MR) is 125 cm³/mol. The Hall–Kier alpha value is -2.00. The van der Waals surface area contributed by atoms with E-state index in [2.05, 4.69) is 0 Å². The summed E-state index contributed by atoms with van der Waals surface area (Å²) in [6.45, 7) is 1.07. The third kappa shape index (κ3) is 8.00. The summed E-state index contributed by atoms with van der Waals surface area (Å²) in [5.41, 5.74) is 1.38. The number of hydrogen-bond donors (Lipinski definition) is 2. The van der Waals surface area contributed by atoms with E-state index in [0.29, 0.717) is 46.6 Å². The van der Waals surface area contributed by atoms with E-state index in [0.717, 1.165) is 4.90 Å². The standard InChI is InChI=1S/C22H27ClN2O5S.ClHO4/c1-24(2)8-9-25-15-12-14(23)6-7-18(15)31-21(19(26)22(25)27)13-10-16(28-3)20(30-5)17(11-13)29-4;2-1(3,4)5/h6-7,10-12,19,21,26H,8-9H2,1-5H3;(H,2,3,4,5). The molecule has 200 valence electrons. The number of benzene rings is 2. The van der Waals surface area contributed by atoms with Gasteiger partial charge < -0.3 is 29.1 Å². The molecule has 0 spiro atoms. The van der Waals surface area contributed by atoms with Crippen molar-refractivity contribution in [1.82, 2.24) is 4.90 Å². The van der Waals surface area contributed by atoms with Crippen LogP contribution in [-0.2, 0) is 4.79 Å². The van der Waals surface area contributed by atoms with Crippen LogP contribution in [0.25, 0.3) is 0 Å². The molecule has 36 heavy (non-hydrogen) atoms. The minimum absolute atomic E-state index is 0.380. The summed E-state index contributed by atoms with van der Waals surface area (Å²) < 4.78 is 49.0. The van der Waals surface area contributed by atoms with E-state index in [4.69, 9.17) is 44.4 Å². The van der Waals surface area contributed by atoms with Gasteiger partial charge >= 0.3 is 0 Å². The van der Waals surface area contributed by atoms with Crippen LogP contribution in [0.15, 0.2) is 35.2 Å². The number of methoxy groups -OCH3 is 3. The molecule has 0 aliphatic carbocycles. The van der Waals surface area contributed by atoms with Crippen LogP contribution in [0.1, 0.15) is 10.8 Å². The van der Waals surface area contributed by atoms with Gasteiger partial charge in [0.2, 0.25) is 5.75 Å². The second kappa shape index (κ2) is 13.0.